The van der Waals surface area contributed by atoms with Gasteiger partial charge in [-0.05, 0) is 79.6 Å². The molecule has 1 unspecified atom stereocenters. The van der Waals surface area contributed by atoms with Crippen molar-refractivity contribution in [3.63, 3.8) is 0 Å². The lowest BCUT2D eigenvalue weighted by atomic mass is 9.95. The van der Waals surface area contributed by atoms with Crippen molar-refractivity contribution >= 4 is 75.9 Å². The lowest BCUT2D eigenvalue weighted by Crippen LogP contribution is -2.48. The molecule has 2 aromatic carbocycles. The molecule has 59 heavy (non-hydrogen) atoms. The molecule has 0 saturated carbocycles. The van der Waals surface area contributed by atoms with E-state index in [4.69, 9.17) is 23.2 Å². The fourth-order valence-electron chi connectivity index (χ4n) is 8.08. The van der Waals surface area contributed by atoms with Crippen molar-refractivity contribution in [2.24, 2.45) is 5.92 Å². The largest absolute Gasteiger partial charge is 0.478 e. The zero-order chi connectivity index (χ0) is 41.8. The highest BCUT2D eigenvalue weighted by Crippen LogP contribution is 2.33. The summed E-state index contributed by atoms with van der Waals surface area (Å²) in [7, 11) is 0. The Hall–Kier alpha value is -5.77. The Kier molecular flexibility index (Phi) is 12.6. The molecule has 1 atom stereocenters. The molecule has 3 amide bonds. The highest BCUT2D eigenvalue weighted by Gasteiger charge is 2.30. The SMILES string of the molecule is CC(=O)N1CCN(c2ncc(NC(=O)c3ccc(C4CCN(CC5CCN(c6ncc(NC(=O)c7ccccc7Cl)cc6C(=O)O)CC5)C4)cc3Cl)cc2C(=O)O)CC1. The molecule has 7 rings (SSSR count). The van der Waals surface area contributed by atoms with E-state index in [1.807, 2.05) is 21.9 Å². The number of carboxylic acids is 2. The number of pyridine rings is 2. The standard InChI is InChI=1S/C42H44Cl2N8O7/c1-25(53)50-14-16-52(17-15-50)38-34(42(58)59)20-30(22-46-38)48-40(55)32-7-6-27(18-36(32)44)28-10-11-49(24-28)23-26-8-12-51(13-9-26)37-33(41(56)57)19-29(21-45-37)47-39(54)31-4-2-3-5-35(31)43/h2-7,18-22,26,28H,8-17,23-24H2,1H3,(H,47,54)(H,48,55)(H,56,57)(H,58,59). The van der Waals surface area contributed by atoms with Crippen molar-refractivity contribution in [1.82, 2.24) is 19.8 Å². The van der Waals surface area contributed by atoms with Crippen LogP contribution in [0.25, 0.3) is 0 Å². The van der Waals surface area contributed by atoms with Crippen LogP contribution >= 0.6 is 23.2 Å². The maximum Gasteiger partial charge on any atom is 0.339 e. The number of benzene rings is 2. The van der Waals surface area contributed by atoms with Gasteiger partial charge in [-0.1, -0.05) is 41.4 Å². The molecule has 4 aromatic rings. The third kappa shape index (κ3) is 9.59. The van der Waals surface area contributed by atoms with E-state index in [1.54, 1.807) is 35.2 Å². The summed E-state index contributed by atoms with van der Waals surface area (Å²) in [5.41, 5.74) is 2.03. The molecular formula is C42H44Cl2N8O7. The second kappa shape index (κ2) is 18.0. The van der Waals surface area contributed by atoms with Crippen LogP contribution in [-0.4, -0.2) is 119 Å². The second-order valence-corrected chi connectivity index (χ2v) is 15.9. The number of carbonyl (C=O) groups is 5. The molecule has 3 aliphatic heterocycles. The average Bonchev–Trinajstić information content (AvgIpc) is 3.69. The Labute approximate surface area is 350 Å². The van der Waals surface area contributed by atoms with Gasteiger partial charge in [0.2, 0.25) is 5.91 Å². The minimum atomic E-state index is -1.18. The number of aromatic carboxylic acids is 2. The van der Waals surface area contributed by atoms with Gasteiger partial charge in [-0.2, -0.15) is 0 Å². The monoisotopic (exact) mass is 842 g/mol. The molecule has 308 valence electrons. The molecule has 0 radical (unpaired) electrons. The van der Waals surface area contributed by atoms with E-state index >= 15 is 0 Å². The minimum Gasteiger partial charge on any atom is -0.478 e. The topological polar surface area (TPSA) is 189 Å². The first-order valence-electron chi connectivity index (χ1n) is 19.5. The Bertz CT molecular complexity index is 2280. The summed E-state index contributed by atoms with van der Waals surface area (Å²) in [4.78, 5) is 79.0. The van der Waals surface area contributed by atoms with E-state index in [0.717, 1.165) is 44.5 Å². The van der Waals surface area contributed by atoms with Gasteiger partial charge < -0.3 is 40.4 Å². The number of nitrogens with zero attached hydrogens (tertiary/aromatic N) is 6. The normalized spacial score (nSPS) is 17.5. The number of anilines is 4. The number of carboxylic acid groups (broad SMARTS) is 2. The molecule has 0 bridgehead atoms. The van der Waals surface area contributed by atoms with Crippen molar-refractivity contribution in [1.29, 1.82) is 0 Å². The van der Waals surface area contributed by atoms with Gasteiger partial charge in [0.15, 0.2) is 0 Å². The van der Waals surface area contributed by atoms with Crippen LogP contribution in [0.2, 0.25) is 10.0 Å². The first-order chi connectivity index (χ1) is 28.3. The number of amides is 3. The number of rotatable bonds is 11. The summed E-state index contributed by atoms with van der Waals surface area (Å²) < 4.78 is 0. The van der Waals surface area contributed by atoms with E-state index in [1.165, 1.54) is 31.5 Å². The molecule has 15 nitrogen and oxygen atoms in total. The number of piperidine rings is 1. The fraction of sp³-hybridized carbons (Fsp3) is 0.357. The Balaban J connectivity index is 0.908. The van der Waals surface area contributed by atoms with Crippen molar-refractivity contribution < 1.29 is 34.2 Å². The van der Waals surface area contributed by atoms with Crippen molar-refractivity contribution in [3.05, 3.63) is 105 Å². The summed E-state index contributed by atoms with van der Waals surface area (Å²) in [6.07, 6.45) is 5.56. The number of likely N-dealkylation sites (tertiary alicyclic amines) is 1. The first-order valence-corrected chi connectivity index (χ1v) is 20.2. The summed E-state index contributed by atoms with van der Waals surface area (Å²) in [6, 6.07) is 14.9. The van der Waals surface area contributed by atoms with Gasteiger partial charge in [0.25, 0.3) is 11.8 Å². The first kappa shape index (κ1) is 41.4. The zero-order valence-electron chi connectivity index (χ0n) is 32.4. The molecule has 2 aromatic heterocycles. The van der Waals surface area contributed by atoms with E-state index in [2.05, 4.69) is 25.5 Å². The van der Waals surface area contributed by atoms with Crippen LogP contribution in [0.5, 0.6) is 0 Å². The third-order valence-electron chi connectivity index (χ3n) is 11.3. The number of nitrogens with one attached hydrogen (secondary N) is 2. The number of carbonyl (C=O) groups excluding carboxylic acids is 3. The molecule has 4 N–H and O–H groups in total. The van der Waals surface area contributed by atoms with Gasteiger partial charge >= 0.3 is 11.9 Å². The van der Waals surface area contributed by atoms with Crippen molar-refractivity contribution in [2.45, 2.75) is 32.1 Å². The van der Waals surface area contributed by atoms with Crippen LogP contribution in [0.4, 0.5) is 23.0 Å². The van der Waals surface area contributed by atoms with E-state index < -0.39 is 23.8 Å². The van der Waals surface area contributed by atoms with E-state index in [-0.39, 0.29) is 56.3 Å². The Morgan fingerprint density at radius 1 is 0.678 bits per heavy atom. The molecule has 3 fully saturated rings. The molecular weight excluding hydrogens is 799 g/mol. The van der Waals surface area contributed by atoms with Crippen LogP contribution in [0.1, 0.15) is 79.1 Å². The van der Waals surface area contributed by atoms with Gasteiger partial charge in [-0.3, -0.25) is 14.4 Å². The van der Waals surface area contributed by atoms with E-state index in [9.17, 15) is 34.2 Å². The second-order valence-electron chi connectivity index (χ2n) is 15.1. The number of aromatic nitrogens is 2. The fourth-order valence-corrected chi connectivity index (χ4v) is 8.57. The predicted molar refractivity (Wildman–Crippen MR) is 224 cm³/mol. The maximum atomic E-state index is 13.3. The van der Waals surface area contributed by atoms with Gasteiger partial charge in [0, 0.05) is 59.3 Å². The molecule has 0 spiro atoms. The van der Waals surface area contributed by atoms with Crippen molar-refractivity contribution in [3.8, 4) is 0 Å². The van der Waals surface area contributed by atoms with Gasteiger partial charge in [0.05, 0.1) is 44.9 Å². The molecule has 0 aliphatic carbocycles. The molecule has 3 aliphatic rings. The van der Waals surface area contributed by atoms with Gasteiger partial charge in [0.1, 0.15) is 22.8 Å². The minimum absolute atomic E-state index is 0.0150. The maximum absolute atomic E-state index is 13.3. The summed E-state index contributed by atoms with van der Waals surface area (Å²) >= 11 is 12.8. The van der Waals surface area contributed by atoms with Crippen LogP contribution < -0.4 is 20.4 Å². The van der Waals surface area contributed by atoms with E-state index in [0.29, 0.717) is 56.0 Å². The quantitative estimate of drug-likeness (QED) is 0.137. The summed E-state index contributed by atoms with van der Waals surface area (Å²) in [6.45, 7) is 7.29. The predicted octanol–water partition coefficient (Wildman–Crippen LogP) is 6.06. The van der Waals surface area contributed by atoms with Crippen LogP contribution in [-0.2, 0) is 4.79 Å². The lowest BCUT2D eigenvalue weighted by molar-refractivity contribution is -0.129. The molecule has 17 heteroatoms. The Morgan fingerprint density at radius 3 is 1.78 bits per heavy atom. The smallest absolute Gasteiger partial charge is 0.339 e. The van der Waals surface area contributed by atoms with Gasteiger partial charge in [-0.15, -0.1) is 0 Å². The van der Waals surface area contributed by atoms with Gasteiger partial charge in [-0.25, -0.2) is 19.6 Å². The highest BCUT2D eigenvalue weighted by molar-refractivity contribution is 6.35. The number of hydrogen-bond acceptors (Lipinski definition) is 10. The van der Waals surface area contributed by atoms with Crippen LogP contribution in [0.15, 0.2) is 67.0 Å². The zero-order valence-corrected chi connectivity index (χ0v) is 33.9. The highest BCUT2D eigenvalue weighted by atomic mass is 35.5. The Morgan fingerprint density at radius 2 is 1.24 bits per heavy atom. The third-order valence-corrected chi connectivity index (χ3v) is 11.9. The van der Waals surface area contributed by atoms with Crippen LogP contribution in [0.3, 0.4) is 0 Å². The molecule has 3 saturated heterocycles. The molecule has 5 heterocycles. The number of hydrogen-bond donors (Lipinski definition) is 4. The van der Waals surface area contributed by atoms with Crippen molar-refractivity contribution in [2.75, 3.05) is 79.3 Å². The number of piperazine rings is 1. The summed E-state index contributed by atoms with van der Waals surface area (Å²) in [5.74, 6) is -1.97. The average molecular weight is 844 g/mol. The summed E-state index contributed by atoms with van der Waals surface area (Å²) in [5, 5.41) is 26.0. The van der Waals surface area contributed by atoms with Crippen LogP contribution in [0, 0.1) is 5.92 Å². The number of halogens is 2. The lowest BCUT2D eigenvalue weighted by Gasteiger charge is -2.35.